The monoisotopic (exact) mass is 260 g/mol. The molecule has 1 N–H and O–H groups in total. The number of carbonyl (C=O) groups is 2. The highest BCUT2D eigenvalue weighted by molar-refractivity contribution is 5.89. The van der Waals surface area contributed by atoms with Crippen LogP contribution in [0.5, 0.6) is 0 Å². The maximum absolute atomic E-state index is 11.8. The molecule has 0 radical (unpaired) electrons. The Labute approximate surface area is 109 Å². The van der Waals surface area contributed by atoms with Gasteiger partial charge in [0, 0.05) is 12.2 Å². The molecule has 5 nitrogen and oxygen atoms in total. The Kier molecular flexibility index (Phi) is 4.10. The normalized spacial score (nSPS) is 17.3. The molecule has 19 heavy (non-hydrogen) atoms. The van der Waals surface area contributed by atoms with Crippen molar-refractivity contribution in [2.45, 2.75) is 6.10 Å². The largest absolute Gasteiger partial charge is 0.452 e. The van der Waals surface area contributed by atoms with Gasteiger partial charge in [-0.25, -0.2) is 9.59 Å². The van der Waals surface area contributed by atoms with Gasteiger partial charge in [0.1, 0.15) is 11.9 Å². The second-order valence-electron chi connectivity index (χ2n) is 3.82. The number of hydrogen-bond acceptors (Lipinski definition) is 5. The molecule has 0 aromatic heterocycles. The van der Waals surface area contributed by atoms with Crippen LogP contribution >= 0.6 is 0 Å². The zero-order valence-corrected chi connectivity index (χ0v) is 9.98. The van der Waals surface area contributed by atoms with E-state index in [1.165, 1.54) is 18.2 Å². The summed E-state index contributed by atoms with van der Waals surface area (Å²) in [6, 6.07) is 8.43. The van der Waals surface area contributed by atoms with Crippen LogP contribution in [0.1, 0.15) is 10.4 Å². The summed E-state index contributed by atoms with van der Waals surface area (Å²) >= 11 is 0. The lowest BCUT2D eigenvalue weighted by Gasteiger charge is -2.12. The van der Waals surface area contributed by atoms with Crippen molar-refractivity contribution in [2.75, 3.05) is 6.61 Å². The van der Waals surface area contributed by atoms with Gasteiger partial charge in [0.25, 0.3) is 0 Å². The highest BCUT2D eigenvalue weighted by Crippen LogP contribution is 2.12. The molecule has 0 fully saturated rings. The van der Waals surface area contributed by atoms with Crippen molar-refractivity contribution >= 4 is 11.9 Å². The van der Waals surface area contributed by atoms with Crippen molar-refractivity contribution in [3.05, 3.63) is 59.9 Å². The topological polar surface area (TPSA) is 72.8 Å². The Morgan fingerprint density at radius 2 is 2.05 bits per heavy atom. The van der Waals surface area contributed by atoms with Crippen LogP contribution in [-0.4, -0.2) is 29.8 Å². The summed E-state index contributed by atoms with van der Waals surface area (Å²) in [6.07, 6.45) is 3.21. The molecule has 1 heterocycles. The average molecular weight is 260 g/mol. The Hall–Kier alpha value is -2.40. The fourth-order valence-corrected chi connectivity index (χ4v) is 1.51. The second-order valence-corrected chi connectivity index (χ2v) is 3.82. The number of benzene rings is 1. The lowest BCUT2D eigenvalue weighted by atomic mass is 10.2. The SMILES string of the molecule is O=C1C=C/C(=C\[C@@H](CO)OC(=O)c2ccccc2)O1. The van der Waals surface area contributed by atoms with Crippen LogP contribution < -0.4 is 0 Å². The van der Waals surface area contributed by atoms with Crippen LogP contribution in [-0.2, 0) is 14.3 Å². The number of allylic oxidation sites excluding steroid dienone is 1. The van der Waals surface area contributed by atoms with Gasteiger partial charge in [-0.15, -0.1) is 0 Å². The van der Waals surface area contributed by atoms with E-state index in [0.29, 0.717) is 5.56 Å². The first-order valence-corrected chi connectivity index (χ1v) is 5.67. The smallest absolute Gasteiger partial charge is 0.338 e. The maximum Gasteiger partial charge on any atom is 0.338 e. The molecule has 0 amide bonds. The molecule has 1 aliphatic heterocycles. The molecule has 2 rings (SSSR count). The number of esters is 2. The van der Waals surface area contributed by atoms with Crippen molar-refractivity contribution < 1.29 is 24.2 Å². The molecule has 0 saturated carbocycles. The number of aliphatic hydroxyl groups excluding tert-OH is 1. The van der Waals surface area contributed by atoms with Crippen LogP contribution in [0.4, 0.5) is 0 Å². The highest BCUT2D eigenvalue weighted by Gasteiger charge is 2.16. The predicted octanol–water partition coefficient (Wildman–Crippen LogP) is 1.20. The summed E-state index contributed by atoms with van der Waals surface area (Å²) in [7, 11) is 0. The molecule has 1 aliphatic rings. The average Bonchev–Trinajstić information content (AvgIpc) is 2.84. The summed E-state index contributed by atoms with van der Waals surface area (Å²) in [5, 5.41) is 9.16. The molecular weight excluding hydrogens is 248 g/mol. The second kappa shape index (κ2) is 5.97. The highest BCUT2D eigenvalue weighted by atomic mass is 16.6. The maximum atomic E-state index is 11.8. The Bertz CT molecular complexity index is 530. The van der Waals surface area contributed by atoms with E-state index in [0.717, 1.165) is 0 Å². The molecule has 0 bridgehead atoms. The molecule has 0 unspecified atom stereocenters. The van der Waals surface area contributed by atoms with Crippen LogP contribution in [0.25, 0.3) is 0 Å². The third-order valence-corrected chi connectivity index (χ3v) is 2.40. The van der Waals surface area contributed by atoms with Crippen molar-refractivity contribution in [3.63, 3.8) is 0 Å². The summed E-state index contributed by atoms with van der Waals surface area (Å²) in [4.78, 5) is 22.6. The fourth-order valence-electron chi connectivity index (χ4n) is 1.51. The third-order valence-electron chi connectivity index (χ3n) is 2.40. The van der Waals surface area contributed by atoms with E-state index in [1.54, 1.807) is 30.3 Å². The number of rotatable bonds is 4. The van der Waals surface area contributed by atoms with Gasteiger partial charge in [0.2, 0.25) is 0 Å². The van der Waals surface area contributed by atoms with E-state index in [-0.39, 0.29) is 5.76 Å². The van der Waals surface area contributed by atoms with E-state index >= 15 is 0 Å². The molecule has 0 spiro atoms. The predicted molar refractivity (Wildman–Crippen MR) is 66.0 cm³/mol. The molecular formula is C14H12O5. The van der Waals surface area contributed by atoms with Crippen molar-refractivity contribution in [3.8, 4) is 0 Å². The van der Waals surface area contributed by atoms with E-state index < -0.39 is 24.6 Å². The molecule has 1 atom stereocenters. The first-order chi connectivity index (χ1) is 9.19. The molecule has 5 heteroatoms. The standard InChI is InChI=1S/C14H12O5/c15-9-12(8-11-6-7-13(16)18-11)19-14(17)10-4-2-1-3-5-10/h1-8,12,15H,9H2/b11-8+/t12-/m0/s1. The Morgan fingerprint density at radius 3 is 2.63 bits per heavy atom. The van der Waals surface area contributed by atoms with Crippen molar-refractivity contribution in [2.24, 2.45) is 0 Å². The van der Waals surface area contributed by atoms with Gasteiger partial charge in [0.15, 0.2) is 0 Å². The lowest BCUT2D eigenvalue weighted by molar-refractivity contribution is -0.132. The summed E-state index contributed by atoms with van der Waals surface area (Å²) in [6.45, 7) is -0.395. The van der Waals surface area contributed by atoms with Gasteiger partial charge in [0.05, 0.1) is 12.2 Å². The number of carbonyl (C=O) groups excluding carboxylic acids is 2. The van der Waals surface area contributed by atoms with Gasteiger partial charge in [-0.1, -0.05) is 18.2 Å². The van der Waals surface area contributed by atoms with Gasteiger partial charge in [-0.05, 0) is 18.2 Å². The molecule has 0 aliphatic carbocycles. The van der Waals surface area contributed by atoms with Crippen LogP contribution in [0.3, 0.4) is 0 Å². The zero-order chi connectivity index (χ0) is 13.7. The van der Waals surface area contributed by atoms with Crippen molar-refractivity contribution in [1.29, 1.82) is 0 Å². The quantitative estimate of drug-likeness (QED) is 0.823. The molecule has 98 valence electrons. The molecule has 1 aromatic rings. The first-order valence-electron chi connectivity index (χ1n) is 5.67. The minimum Gasteiger partial charge on any atom is -0.452 e. The molecule has 1 aromatic carbocycles. The van der Waals surface area contributed by atoms with Crippen LogP contribution in [0, 0.1) is 0 Å². The lowest BCUT2D eigenvalue weighted by Crippen LogP contribution is -2.20. The Morgan fingerprint density at radius 1 is 1.32 bits per heavy atom. The minimum atomic E-state index is -0.863. The van der Waals surface area contributed by atoms with Crippen molar-refractivity contribution in [1.82, 2.24) is 0 Å². The van der Waals surface area contributed by atoms with E-state index in [2.05, 4.69) is 0 Å². The number of aliphatic hydroxyl groups is 1. The summed E-state index contributed by atoms with van der Waals surface area (Å²) < 4.78 is 9.88. The first kappa shape index (κ1) is 13.0. The summed E-state index contributed by atoms with van der Waals surface area (Å²) in [5.74, 6) is -0.785. The molecule has 0 saturated heterocycles. The Balaban J connectivity index is 2.02. The van der Waals surface area contributed by atoms with Gasteiger partial charge < -0.3 is 14.6 Å². The van der Waals surface area contributed by atoms with Crippen LogP contribution in [0.2, 0.25) is 0 Å². The zero-order valence-electron chi connectivity index (χ0n) is 9.98. The van der Waals surface area contributed by atoms with Crippen LogP contribution in [0.15, 0.2) is 54.3 Å². The van der Waals surface area contributed by atoms with E-state index in [4.69, 9.17) is 14.6 Å². The van der Waals surface area contributed by atoms with Gasteiger partial charge >= 0.3 is 11.9 Å². The number of cyclic esters (lactones) is 1. The fraction of sp³-hybridized carbons (Fsp3) is 0.143. The van der Waals surface area contributed by atoms with Gasteiger partial charge in [-0.3, -0.25) is 0 Å². The van der Waals surface area contributed by atoms with E-state index in [1.807, 2.05) is 0 Å². The summed E-state index contributed by atoms with van der Waals surface area (Å²) in [5.41, 5.74) is 0.387. The minimum absolute atomic E-state index is 0.255. The third kappa shape index (κ3) is 3.53. The number of ether oxygens (including phenoxy) is 2. The number of hydrogen-bond donors (Lipinski definition) is 1. The van der Waals surface area contributed by atoms with E-state index in [9.17, 15) is 9.59 Å². The van der Waals surface area contributed by atoms with Gasteiger partial charge in [-0.2, -0.15) is 0 Å².